The van der Waals surface area contributed by atoms with Crippen LogP contribution in [0.15, 0.2) is 78.9 Å². The molecule has 2 aromatic carbocycles. The van der Waals surface area contributed by atoms with E-state index < -0.39 is 23.6 Å². The monoisotopic (exact) mass is 497 g/mol. The molecule has 4 aromatic rings. The summed E-state index contributed by atoms with van der Waals surface area (Å²) in [7, 11) is 0. The molecule has 0 bridgehead atoms. The number of thiophene rings is 1. The van der Waals surface area contributed by atoms with E-state index in [1.54, 1.807) is 19.1 Å². The lowest BCUT2D eigenvalue weighted by molar-refractivity contribution is -0.139. The minimum atomic E-state index is -4.44. The fraction of sp³-hybridized carbons (Fsp3) is 0.214. The van der Waals surface area contributed by atoms with E-state index in [1.807, 2.05) is 44.2 Å². The van der Waals surface area contributed by atoms with Gasteiger partial charge in [0.05, 0.1) is 27.7 Å². The second kappa shape index (κ2) is 10.9. The number of rotatable bonds is 6. The number of benzene rings is 2. The maximum absolute atomic E-state index is 13.0. The number of carboxylic acids is 1. The van der Waals surface area contributed by atoms with Crippen molar-refractivity contribution in [3.8, 4) is 21.8 Å². The molecule has 0 aliphatic heterocycles. The zero-order chi connectivity index (χ0) is 25.8. The zero-order valence-electron chi connectivity index (χ0n) is 19.7. The third-order valence-corrected chi connectivity index (χ3v) is 6.43. The minimum Gasteiger partial charge on any atom is -0.481 e. The van der Waals surface area contributed by atoms with Crippen molar-refractivity contribution < 1.29 is 23.1 Å². The molecule has 0 radical (unpaired) electrons. The maximum atomic E-state index is 13.0. The van der Waals surface area contributed by atoms with Crippen molar-refractivity contribution in [1.29, 1.82) is 0 Å². The molecule has 2 aromatic heterocycles. The molecule has 0 spiro atoms. The second-order valence-corrected chi connectivity index (χ2v) is 9.03. The molecule has 0 amide bonds. The van der Waals surface area contributed by atoms with Gasteiger partial charge in [-0.2, -0.15) is 13.2 Å². The average Bonchev–Trinajstić information content (AvgIpc) is 3.27. The number of hydrogen-bond acceptors (Lipinski definition) is 3. The van der Waals surface area contributed by atoms with E-state index in [-0.39, 0.29) is 6.42 Å². The Bertz CT molecular complexity index is 1310. The predicted octanol–water partition coefficient (Wildman–Crippen LogP) is 8.81. The molecule has 182 valence electrons. The third kappa shape index (κ3) is 6.17. The van der Waals surface area contributed by atoms with E-state index in [4.69, 9.17) is 4.98 Å². The number of carboxylic acid groups (broad SMARTS) is 1. The zero-order valence-corrected chi connectivity index (χ0v) is 20.5. The third-order valence-electron chi connectivity index (χ3n) is 5.29. The van der Waals surface area contributed by atoms with Gasteiger partial charge in [0.15, 0.2) is 0 Å². The smallest absolute Gasteiger partial charge is 0.416 e. The van der Waals surface area contributed by atoms with Crippen molar-refractivity contribution in [2.24, 2.45) is 0 Å². The van der Waals surface area contributed by atoms with Crippen molar-refractivity contribution in [2.75, 3.05) is 0 Å². The molecule has 3 nitrogen and oxygen atoms in total. The number of hydrogen-bond donors (Lipinski definition) is 1. The molecule has 7 heteroatoms. The summed E-state index contributed by atoms with van der Waals surface area (Å²) in [5.41, 5.74) is 1.98. The molecule has 0 aliphatic carbocycles. The Morgan fingerprint density at radius 3 is 2.23 bits per heavy atom. The van der Waals surface area contributed by atoms with E-state index in [2.05, 4.69) is 6.58 Å². The maximum Gasteiger partial charge on any atom is 0.416 e. The Hall–Kier alpha value is -3.45. The van der Waals surface area contributed by atoms with Crippen molar-refractivity contribution in [3.05, 3.63) is 90.0 Å². The Labute approximate surface area is 206 Å². The van der Waals surface area contributed by atoms with Crippen LogP contribution in [0.25, 0.3) is 31.9 Å². The summed E-state index contributed by atoms with van der Waals surface area (Å²) in [6.45, 7) is 9.61. The lowest BCUT2D eigenvalue weighted by Gasteiger charge is -2.16. The summed E-state index contributed by atoms with van der Waals surface area (Å²) < 4.78 is 40.1. The molecular weight excluding hydrogens is 471 g/mol. The molecule has 0 fully saturated rings. The van der Waals surface area contributed by atoms with E-state index in [1.165, 1.54) is 23.5 Å². The number of halogens is 3. The van der Waals surface area contributed by atoms with Crippen LogP contribution < -0.4 is 0 Å². The van der Waals surface area contributed by atoms with Crippen LogP contribution in [0.2, 0.25) is 0 Å². The van der Waals surface area contributed by atoms with Crippen LogP contribution in [0.3, 0.4) is 0 Å². The van der Waals surface area contributed by atoms with Crippen molar-refractivity contribution in [2.45, 2.75) is 39.3 Å². The molecule has 0 saturated carbocycles. The number of alkyl halides is 3. The summed E-state index contributed by atoms with van der Waals surface area (Å²) in [5, 5.41) is 10.9. The van der Waals surface area contributed by atoms with Gasteiger partial charge in [-0.25, -0.2) is 4.98 Å². The number of carbonyl (C=O) groups is 1. The number of allylic oxidation sites excluding steroid dienone is 1. The second-order valence-electron chi connectivity index (χ2n) is 7.95. The average molecular weight is 498 g/mol. The Kier molecular flexibility index (Phi) is 8.12. The Morgan fingerprint density at radius 1 is 1.03 bits per heavy atom. The SMILES string of the molecule is C=C(C)CC(C(=O)O)c1cc(-c2ccc(C(F)(F)F)cc2)nc(-c2cc3ccccc3s2)c1.CC. The fourth-order valence-corrected chi connectivity index (χ4v) is 4.68. The quantitative estimate of drug-likeness (QED) is 0.271. The van der Waals surface area contributed by atoms with E-state index >= 15 is 0 Å². The van der Waals surface area contributed by atoms with Crippen LogP contribution >= 0.6 is 11.3 Å². The van der Waals surface area contributed by atoms with Crippen LogP contribution in [-0.4, -0.2) is 16.1 Å². The molecule has 2 heterocycles. The van der Waals surface area contributed by atoms with E-state index in [9.17, 15) is 23.1 Å². The first-order chi connectivity index (χ1) is 16.6. The van der Waals surface area contributed by atoms with Crippen LogP contribution in [0, 0.1) is 0 Å². The van der Waals surface area contributed by atoms with Gasteiger partial charge in [-0.05, 0) is 60.7 Å². The van der Waals surface area contributed by atoms with Gasteiger partial charge in [0.25, 0.3) is 0 Å². The van der Waals surface area contributed by atoms with Gasteiger partial charge in [0, 0.05) is 10.3 Å². The highest BCUT2D eigenvalue weighted by Gasteiger charge is 2.30. The summed E-state index contributed by atoms with van der Waals surface area (Å²) >= 11 is 1.53. The van der Waals surface area contributed by atoms with Crippen LogP contribution in [0.4, 0.5) is 13.2 Å². The van der Waals surface area contributed by atoms with Crippen molar-refractivity contribution in [1.82, 2.24) is 4.98 Å². The molecule has 1 unspecified atom stereocenters. The first kappa shape index (κ1) is 26.2. The number of aliphatic carboxylic acids is 1. The van der Waals surface area contributed by atoms with Gasteiger partial charge < -0.3 is 5.11 Å². The lowest BCUT2D eigenvalue weighted by atomic mass is 9.91. The van der Waals surface area contributed by atoms with Gasteiger partial charge in [0.1, 0.15) is 0 Å². The predicted molar refractivity (Wildman–Crippen MR) is 137 cm³/mol. The topological polar surface area (TPSA) is 50.2 Å². The molecular formula is C28H26F3NO2S. The fourth-order valence-electron chi connectivity index (χ4n) is 3.66. The normalized spacial score (nSPS) is 12.1. The molecule has 1 N–H and O–H groups in total. The summed E-state index contributed by atoms with van der Waals surface area (Å²) in [5.74, 6) is -1.84. The lowest BCUT2D eigenvalue weighted by Crippen LogP contribution is -2.12. The number of nitrogens with zero attached hydrogens (tertiary/aromatic N) is 1. The summed E-state index contributed by atoms with van der Waals surface area (Å²) in [6, 6.07) is 17.9. The van der Waals surface area contributed by atoms with E-state index in [0.717, 1.165) is 32.7 Å². The van der Waals surface area contributed by atoms with Crippen LogP contribution in [-0.2, 0) is 11.0 Å². The highest BCUT2D eigenvalue weighted by atomic mass is 32.1. The van der Waals surface area contributed by atoms with Gasteiger partial charge >= 0.3 is 12.1 Å². The first-order valence-electron chi connectivity index (χ1n) is 11.2. The highest BCUT2D eigenvalue weighted by molar-refractivity contribution is 7.22. The largest absolute Gasteiger partial charge is 0.481 e. The summed E-state index contributed by atoms with van der Waals surface area (Å²) in [6.07, 6.45) is -4.19. The number of pyridine rings is 1. The molecule has 0 saturated heterocycles. The molecule has 0 aliphatic rings. The van der Waals surface area contributed by atoms with Gasteiger partial charge in [-0.15, -0.1) is 17.9 Å². The Morgan fingerprint density at radius 2 is 1.66 bits per heavy atom. The Balaban J connectivity index is 0.00000167. The number of fused-ring (bicyclic) bond motifs is 1. The number of aromatic nitrogens is 1. The standard InChI is InChI=1S/C26H20F3NO2S.C2H6/c1-15(2)11-20(25(31)32)18-12-21(16-7-9-19(10-8-16)26(27,28)29)30-22(13-18)24-14-17-5-3-4-6-23(17)33-24;1-2/h3-10,12-14,20H,1,11H2,2H3,(H,31,32);1-2H3. The van der Waals surface area contributed by atoms with Gasteiger partial charge in [-0.1, -0.05) is 49.8 Å². The molecule has 1 atom stereocenters. The molecule has 35 heavy (non-hydrogen) atoms. The van der Waals surface area contributed by atoms with Crippen molar-refractivity contribution in [3.63, 3.8) is 0 Å². The highest BCUT2D eigenvalue weighted by Crippen LogP contribution is 2.37. The summed E-state index contributed by atoms with van der Waals surface area (Å²) in [4.78, 5) is 17.6. The van der Waals surface area contributed by atoms with Crippen LogP contribution in [0.5, 0.6) is 0 Å². The van der Waals surface area contributed by atoms with Gasteiger partial charge in [-0.3, -0.25) is 4.79 Å². The van der Waals surface area contributed by atoms with Crippen LogP contribution in [0.1, 0.15) is 44.2 Å². The minimum absolute atomic E-state index is 0.248. The van der Waals surface area contributed by atoms with Gasteiger partial charge in [0.2, 0.25) is 0 Å². The van der Waals surface area contributed by atoms with E-state index in [0.29, 0.717) is 22.5 Å². The van der Waals surface area contributed by atoms with Crippen molar-refractivity contribution >= 4 is 27.4 Å². The molecule has 4 rings (SSSR count). The first-order valence-corrected chi connectivity index (χ1v) is 12.0.